The maximum Gasteiger partial charge on any atom is 0.240 e. The molecule has 3 rings (SSSR count). The third kappa shape index (κ3) is 4.91. The third-order valence-electron chi connectivity index (χ3n) is 4.41. The zero-order valence-electron chi connectivity index (χ0n) is 14.4. The molecule has 0 aliphatic carbocycles. The lowest BCUT2D eigenvalue weighted by atomic mass is 10.1. The van der Waals surface area contributed by atoms with Crippen LogP contribution in [0.2, 0.25) is 5.02 Å². The normalized spacial score (nSPS) is 16.2. The van der Waals surface area contributed by atoms with Crippen molar-refractivity contribution in [3.05, 3.63) is 45.6 Å². The van der Waals surface area contributed by atoms with Crippen LogP contribution in [-0.2, 0) is 10.0 Å². The van der Waals surface area contributed by atoms with Crippen LogP contribution in [-0.4, -0.2) is 40.1 Å². The van der Waals surface area contributed by atoms with Crippen molar-refractivity contribution in [1.82, 2.24) is 9.62 Å². The molecule has 0 spiro atoms. The van der Waals surface area contributed by atoms with Crippen molar-refractivity contribution in [3.8, 4) is 5.75 Å². The number of ether oxygens (including phenoxy) is 1. The number of hydrogen-bond acceptors (Lipinski definition) is 5. The lowest BCUT2D eigenvalue weighted by Crippen LogP contribution is -2.36. The number of halogens is 2. The van der Waals surface area contributed by atoms with Crippen LogP contribution < -0.4 is 9.46 Å². The van der Waals surface area contributed by atoms with Gasteiger partial charge in [0.15, 0.2) is 0 Å². The Balaban J connectivity index is 0.00000243. The number of likely N-dealkylation sites (tertiary alicyclic amines) is 1. The fourth-order valence-electron chi connectivity index (χ4n) is 3.06. The summed E-state index contributed by atoms with van der Waals surface area (Å²) in [5.74, 6) is 0.453. The third-order valence-corrected chi connectivity index (χ3v) is 6.83. The minimum Gasteiger partial charge on any atom is -0.495 e. The summed E-state index contributed by atoms with van der Waals surface area (Å²) in [6, 6.07) is 6.60. The van der Waals surface area contributed by atoms with Gasteiger partial charge in [-0.05, 0) is 66.5 Å². The van der Waals surface area contributed by atoms with E-state index in [1.54, 1.807) is 17.4 Å². The average molecular weight is 437 g/mol. The number of nitrogens with zero attached hydrogens (tertiary/aromatic N) is 1. The van der Waals surface area contributed by atoms with Gasteiger partial charge in [-0.2, -0.15) is 11.3 Å². The maximum absolute atomic E-state index is 12.6. The van der Waals surface area contributed by atoms with Crippen LogP contribution in [0.4, 0.5) is 0 Å². The summed E-state index contributed by atoms with van der Waals surface area (Å²) in [5.41, 5.74) is 1.15. The molecule has 26 heavy (non-hydrogen) atoms. The maximum atomic E-state index is 12.6. The van der Waals surface area contributed by atoms with Crippen molar-refractivity contribution < 1.29 is 13.2 Å². The highest BCUT2D eigenvalue weighted by molar-refractivity contribution is 7.89. The molecular weight excluding hydrogens is 415 g/mol. The molecule has 1 fully saturated rings. The molecule has 0 amide bonds. The van der Waals surface area contributed by atoms with E-state index in [1.165, 1.54) is 19.2 Å². The predicted octanol–water partition coefficient (Wildman–Crippen LogP) is 3.95. The Labute approximate surface area is 169 Å². The van der Waals surface area contributed by atoms with E-state index in [0.717, 1.165) is 31.5 Å². The number of methoxy groups -OCH3 is 1. The summed E-state index contributed by atoms with van der Waals surface area (Å²) in [6.45, 7) is 2.33. The highest BCUT2D eigenvalue weighted by Crippen LogP contribution is 2.29. The monoisotopic (exact) mass is 436 g/mol. The van der Waals surface area contributed by atoms with Gasteiger partial charge >= 0.3 is 0 Å². The summed E-state index contributed by atoms with van der Waals surface area (Å²) < 4.78 is 33.1. The highest BCUT2D eigenvalue weighted by Gasteiger charge is 2.26. The standard InChI is InChI=1S/C17H21ClN2O3S2.ClH/c1-23-17-5-4-14(10-15(17)18)25(21,22)19-11-16(13-6-9-24-12-13)20-7-2-3-8-20;/h4-6,9-10,12,16,19H,2-3,7-8,11H2,1H3;1H. The van der Waals surface area contributed by atoms with Crippen LogP contribution in [0.3, 0.4) is 0 Å². The van der Waals surface area contributed by atoms with Gasteiger partial charge in [0.2, 0.25) is 10.0 Å². The number of hydrogen-bond donors (Lipinski definition) is 1. The molecule has 1 N–H and O–H groups in total. The van der Waals surface area contributed by atoms with E-state index in [1.807, 2.05) is 5.38 Å². The highest BCUT2D eigenvalue weighted by atomic mass is 35.5. The molecule has 1 aromatic carbocycles. The Hall–Kier alpha value is -0.830. The molecule has 1 aliphatic heterocycles. The first-order chi connectivity index (χ1) is 12.0. The molecule has 0 bridgehead atoms. The first kappa shape index (κ1) is 21.5. The molecule has 0 radical (unpaired) electrons. The van der Waals surface area contributed by atoms with Gasteiger partial charge in [-0.25, -0.2) is 13.1 Å². The molecular formula is C17H22Cl2N2O3S2. The Morgan fingerprint density at radius 2 is 2.04 bits per heavy atom. The number of nitrogens with one attached hydrogen (secondary N) is 1. The van der Waals surface area contributed by atoms with E-state index in [-0.39, 0.29) is 28.4 Å². The molecule has 1 aromatic heterocycles. The van der Waals surface area contributed by atoms with E-state index in [4.69, 9.17) is 16.3 Å². The van der Waals surface area contributed by atoms with Gasteiger partial charge in [-0.1, -0.05) is 11.6 Å². The summed E-state index contributed by atoms with van der Waals surface area (Å²) in [7, 11) is -2.14. The fraction of sp³-hybridized carbons (Fsp3) is 0.412. The second kappa shape index (κ2) is 9.39. The molecule has 2 aromatic rings. The van der Waals surface area contributed by atoms with Gasteiger partial charge in [0, 0.05) is 12.6 Å². The Bertz CT molecular complexity index is 807. The number of thiophene rings is 1. The molecule has 2 heterocycles. The zero-order chi connectivity index (χ0) is 17.9. The van der Waals surface area contributed by atoms with Crippen molar-refractivity contribution in [2.45, 2.75) is 23.8 Å². The molecule has 144 valence electrons. The smallest absolute Gasteiger partial charge is 0.240 e. The van der Waals surface area contributed by atoms with Crippen LogP contribution in [0, 0.1) is 0 Å². The zero-order valence-corrected chi connectivity index (χ0v) is 17.6. The second-order valence-corrected chi connectivity index (χ2v) is 8.92. The van der Waals surface area contributed by atoms with Gasteiger partial charge in [0.1, 0.15) is 5.75 Å². The molecule has 9 heteroatoms. The number of sulfonamides is 1. The first-order valence-corrected chi connectivity index (χ1v) is 10.9. The van der Waals surface area contributed by atoms with Gasteiger partial charge in [0.05, 0.1) is 17.0 Å². The van der Waals surface area contributed by atoms with E-state index >= 15 is 0 Å². The molecule has 1 atom stereocenters. The second-order valence-electron chi connectivity index (χ2n) is 5.96. The largest absolute Gasteiger partial charge is 0.495 e. The fourth-order valence-corrected chi connectivity index (χ4v) is 5.16. The molecule has 5 nitrogen and oxygen atoms in total. The van der Waals surface area contributed by atoms with Crippen molar-refractivity contribution in [2.75, 3.05) is 26.7 Å². The number of rotatable bonds is 7. The quantitative estimate of drug-likeness (QED) is 0.713. The van der Waals surface area contributed by atoms with E-state index < -0.39 is 10.0 Å². The first-order valence-electron chi connectivity index (χ1n) is 8.10. The number of benzene rings is 1. The van der Waals surface area contributed by atoms with Crippen molar-refractivity contribution >= 4 is 45.4 Å². The van der Waals surface area contributed by atoms with Crippen LogP contribution in [0.5, 0.6) is 5.75 Å². The minimum absolute atomic E-state index is 0. The van der Waals surface area contributed by atoms with Crippen LogP contribution >= 0.6 is 35.3 Å². The summed E-state index contributed by atoms with van der Waals surface area (Å²) in [6.07, 6.45) is 2.31. The van der Waals surface area contributed by atoms with Gasteiger partial charge in [-0.15, -0.1) is 12.4 Å². The average Bonchev–Trinajstić information content (AvgIpc) is 3.29. The van der Waals surface area contributed by atoms with Crippen LogP contribution in [0.15, 0.2) is 39.9 Å². The summed E-state index contributed by atoms with van der Waals surface area (Å²) >= 11 is 7.69. The van der Waals surface area contributed by atoms with Crippen LogP contribution in [0.1, 0.15) is 24.4 Å². The summed E-state index contributed by atoms with van der Waals surface area (Å²) in [5, 5.41) is 4.39. The van der Waals surface area contributed by atoms with E-state index in [0.29, 0.717) is 12.3 Å². The van der Waals surface area contributed by atoms with Crippen molar-refractivity contribution in [1.29, 1.82) is 0 Å². The predicted molar refractivity (Wildman–Crippen MR) is 108 cm³/mol. The van der Waals surface area contributed by atoms with Gasteiger partial charge < -0.3 is 4.74 Å². The SMILES string of the molecule is COc1ccc(S(=O)(=O)NCC(c2ccsc2)N2CCCC2)cc1Cl.Cl. The molecule has 1 saturated heterocycles. The Kier molecular flexibility index (Phi) is 7.76. The lowest BCUT2D eigenvalue weighted by Gasteiger charge is -2.27. The Morgan fingerprint density at radius 1 is 1.31 bits per heavy atom. The van der Waals surface area contributed by atoms with Gasteiger partial charge in [-0.3, -0.25) is 4.90 Å². The molecule has 1 unspecified atom stereocenters. The van der Waals surface area contributed by atoms with Crippen molar-refractivity contribution in [3.63, 3.8) is 0 Å². The van der Waals surface area contributed by atoms with Crippen molar-refractivity contribution in [2.24, 2.45) is 0 Å². The van der Waals surface area contributed by atoms with Crippen LogP contribution in [0.25, 0.3) is 0 Å². The molecule has 1 aliphatic rings. The van der Waals surface area contributed by atoms with E-state index in [2.05, 4.69) is 21.1 Å². The summed E-state index contributed by atoms with van der Waals surface area (Å²) in [4.78, 5) is 2.48. The Morgan fingerprint density at radius 3 is 2.62 bits per heavy atom. The van der Waals surface area contributed by atoms with E-state index in [9.17, 15) is 8.42 Å². The van der Waals surface area contributed by atoms with Gasteiger partial charge in [0.25, 0.3) is 0 Å². The minimum atomic E-state index is -3.64. The molecule has 0 saturated carbocycles. The lowest BCUT2D eigenvalue weighted by molar-refractivity contribution is 0.247. The topological polar surface area (TPSA) is 58.6 Å².